The van der Waals surface area contributed by atoms with Gasteiger partial charge < -0.3 is 0 Å². The van der Waals surface area contributed by atoms with Crippen LogP contribution in [0.2, 0.25) is 0 Å². The van der Waals surface area contributed by atoms with Crippen LogP contribution in [-0.4, -0.2) is 31.0 Å². The Labute approximate surface area is 105 Å². The van der Waals surface area contributed by atoms with Gasteiger partial charge in [0, 0.05) is 5.92 Å². The molecule has 1 aliphatic rings. The Morgan fingerprint density at radius 3 is 2.44 bits per heavy atom. The van der Waals surface area contributed by atoms with Crippen molar-refractivity contribution in [1.82, 2.24) is 4.31 Å². The van der Waals surface area contributed by atoms with Gasteiger partial charge in [-0.3, -0.25) is 9.59 Å². The average Bonchev–Trinajstić information content (AvgIpc) is 2.51. The van der Waals surface area contributed by atoms with Crippen molar-refractivity contribution in [3.05, 3.63) is 29.8 Å². The topological polar surface area (TPSA) is 71.5 Å². The second kappa shape index (κ2) is 4.20. The molecule has 0 fully saturated rings. The summed E-state index contributed by atoms with van der Waals surface area (Å²) in [5.41, 5.74) is 0.133. The molecule has 0 bridgehead atoms. The molecule has 0 radical (unpaired) electrons. The molecule has 0 saturated carbocycles. The highest BCUT2D eigenvalue weighted by atomic mass is 32.2. The van der Waals surface area contributed by atoms with Gasteiger partial charge in [0.25, 0.3) is 15.9 Å². The number of ketones is 1. The largest absolute Gasteiger partial charge is 0.297 e. The molecule has 2 rings (SSSR count). The van der Waals surface area contributed by atoms with E-state index in [2.05, 4.69) is 0 Å². The van der Waals surface area contributed by atoms with Gasteiger partial charge in [-0.25, -0.2) is 12.7 Å². The number of nitrogens with zero attached hydrogens (tertiary/aromatic N) is 1. The standard InChI is InChI=1S/C12H13NO4S/c1-8(2)10(14)7-13-12(15)9-5-3-4-6-11(9)18(13,16)17/h3-6,8H,7H2,1-2H3. The second-order valence-electron chi connectivity index (χ2n) is 4.43. The molecule has 0 atom stereocenters. The Bertz CT molecular complexity index is 619. The maximum Gasteiger partial charge on any atom is 0.269 e. The molecule has 18 heavy (non-hydrogen) atoms. The zero-order valence-corrected chi connectivity index (χ0v) is 10.9. The molecule has 1 amide bonds. The van der Waals surface area contributed by atoms with Gasteiger partial charge in [-0.1, -0.05) is 26.0 Å². The molecule has 1 aliphatic heterocycles. The predicted molar refractivity (Wildman–Crippen MR) is 64.5 cm³/mol. The number of sulfonamides is 1. The first-order chi connectivity index (χ1) is 8.35. The van der Waals surface area contributed by atoms with Gasteiger partial charge in [-0.05, 0) is 12.1 Å². The molecule has 0 saturated heterocycles. The smallest absolute Gasteiger partial charge is 0.269 e. The fraction of sp³-hybridized carbons (Fsp3) is 0.333. The molecular weight excluding hydrogens is 254 g/mol. The van der Waals surface area contributed by atoms with E-state index in [1.54, 1.807) is 26.0 Å². The van der Waals surface area contributed by atoms with E-state index in [1.165, 1.54) is 12.1 Å². The Kier molecular flexibility index (Phi) is 2.98. The van der Waals surface area contributed by atoms with E-state index in [0.29, 0.717) is 4.31 Å². The number of carbonyl (C=O) groups is 2. The molecule has 1 aromatic rings. The fourth-order valence-corrected chi connectivity index (χ4v) is 3.25. The highest BCUT2D eigenvalue weighted by Gasteiger charge is 2.41. The van der Waals surface area contributed by atoms with Crippen LogP contribution < -0.4 is 0 Å². The number of hydrogen-bond acceptors (Lipinski definition) is 4. The quantitative estimate of drug-likeness (QED) is 0.820. The van der Waals surface area contributed by atoms with E-state index in [1.807, 2.05) is 0 Å². The van der Waals surface area contributed by atoms with Gasteiger partial charge >= 0.3 is 0 Å². The van der Waals surface area contributed by atoms with Crippen molar-refractivity contribution in [3.8, 4) is 0 Å². The zero-order valence-electron chi connectivity index (χ0n) is 10.1. The van der Waals surface area contributed by atoms with Crippen LogP contribution in [0.15, 0.2) is 29.2 Å². The van der Waals surface area contributed by atoms with Crippen LogP contribution in [0.5, 0.6) is 0 Å². The molecule has 1 aromatic carbocycles. The van der Waals surface area contributed by atoms with Gasteiger partial charge in [0.1, 0.15) is 4.90 Å². The Morgan fingerprint density at radius 1 is 1.28 bits per heavy atom. The number of amides is 1. The number of fused-ring (bicyclic) bond motifs is 1. The maximum absolute atomic E-state index is 12.1. The monoisotopic (exact) mass is 267 g/mol. The third-order valence-electron chi connectivity index (χ3n) is 2.86. The zero-order chi connectivity index (χ0) is 13.5. The first-order valence-corrected chi connectivity index (χ1v) is 6.98. The van der Waals surface area contributed by atoms with Gasteiger partial charge in [0.05, 0.1) is 12.1 Å². The van der Waals surface area contributed by atoms with Gasteiger partial charge in [0.2, 0.25) is 0 Å². The van der Waals surface area contributed by atoms with Crippen molar-refractivity contribution in [1.29, 1.82) is 0 Å². The van der Waals surface area contributed by atoms with Crippen LogP contribution in [-0.2, 0) is 14.8 Å². The van der Waals surface area contributed by atoms with E-state index in [-0.39, 0.29) is 22.2 Å². The average molecular weight is 267 g/mol. The van der Waals surface area contributed by atoms with Crippen molar-refractivity contribution in [2.24, 2.45) is 5.92 Å². The molecule has 0 spiro atoms. The summed E-state index contributed by atoms with van der Waals surface area (Å²) in [5.74, 6) is -1.21. The Balaban J connectivity index is 2.43. The van der Waals surface area contributed by atoms with Crippen LogP contribution in [0, 0.1) is 5.92 Å². The molecule has 6 heteroatoms. The summed E-state index contributed by atoms with van der Waals surface area (Å²) in [4.78, 5) is 23.6. The summed E-state index contributed by atoms with van der Waals surface area (Å²) in [6.45, 7) is 2.94. The number of carbonyl (C=O) groups excluding carboxylic acids is 2. The van der Waals surface area contributed by atoms with Gasteiger partial charge in [-0.15, -0.1) is 0 Å². The number of hydrogen-bond donors (Lipinski definition) is 0. The van der Waals surface area contributed by atoms with Crippen LogP contribution in [0.25, 0.3) is 0 Å². The number of rotatable bonds is 3. The highest BCUT2D eigenvalue weighted by Crippen LogP contribution is 2.29. The van der Waals surface area contributed by atoms with Crippen molar-refractivity contribution in [3.63, 3.8) is 0 Å². The van der Waals surface area contributed by atoms with Crippen LogP contribution in [0.3, 0.4) is 0 Å². The third-order valence-corrected chi connectivity index (χ3v) is 4.64. The lowest BCUT2D eigenvalue weighted by Crippen LogP contribution is -2.36. The Hall–Kier alpha value is -1.69. The van der Waals surface area contributed by atoms with Crippen molar-refractivity contribution < 1.29 is 18.0 Å². The van der Waals surface area contributed by atoms with E-state index in [9.17, 15) is 18.0 Å². The minimum atomic E-state index is -3.86. The van der Waals surface area contributed by atoms with Crippen LogP contribution in [0.1, 0.15) is 24.2 Å². The van der Waals surface area contributed by atoms with Gasteiger partial charge in [0.15, 0.2) is 5.78 Å². The molecule has 96 valence electrons. The summed E-state index contributed by atoms with van der Waals surface area (Å²) in [6.07, 6.45) is 0. The predicted octanol–water partition coefficient (Wildman–Crippen LogP) is 1.06. The van der Waals surface area contributed by atoms with E-state index in [0.717, 1.165) is 0 Å². The number of benzene rings is 1. The van der Waals surface area contributed by atoms with E-state index in [4.69, 9.17) is 0 Å². The van der Waals surface area contributed by atoms with Crippen molar-refractivity contribution >= 4 is 21.7 Å². The SMILES string of the molecule is CC(C)C(=O)CN1C(=O)c2ccccc2S1(=O)=O. The van der Waals surface area contributed by atoms with Crippen LogP contribution >= 0.6 is 0 Å². The molecule has 1 heterocycles. The Morgan fingerprint density at radius 2 is 1.89 bits per heavy atom. The lowest BCUT2D eigenvalue weighted by atomic mass is 10.1. The minimum absolute atomic E-state index is 0.0217. The van der Waals surface area contributed by atoms with Gasteiger partial charge in [-0.2, -0.15) is 0 Å². The molecule has 0 aliphatic carbocycles. The lowest BCUT2D eigenvalue weighted by Gasteiger charge is -2.15. The third kappa shape index (κ3) is 1.82. The molecule has 0 aromatic heterocycles. The summed E-state index contributed by atoms with van der Waals surface area (Å²) in [7, 11) is -3.86. The normalized spacial score (nSPS) is 17.1. The number of Topliss-reactive ketones (excluding diaryl/α,β-unsaturated/α-hetero) is 1. The fourth-order valence-electron chi connectivity index (χ4n) is 1.71. The highest BCUT2D eigenvalue weighted by molar-refractivity contribution is 7.90. The minimum Gasteiger partial charge on any atom is -0.297 e. The lowest BCUT2D eigenvalue weighted by molar-refractivity contribution is -0.121. The van der Waals surface area contributed by atoms with Crippen LogP contribution in [0.4, 0.5) is 0 Å². The van der Waals surface area contributed by atoms with Crippen molar-refractivity contribution in [2.75, 3.05) is 6.54 Å². The summed E-state index contributed by atoms with van der Waals surface area (Å²) >= 11 is 0. The van der Waals surface area contributed by atoms with E-state index >= 15 is 0 Å². The second-order valence-corrected chi connectivity index (χ2v) is 6.26. The first kappa shape index (κ1) is 12.8. The first-order valence-electron chi connectivity index (χ1n) is 5.54. The van der Waals surface area contributed by atoms with Crippen molar-refractivity contribution in [2.45, 2.75) is 18.7 Å². The molecule has 0 unspecified atom stereocenters. The van der Waals surface area contributed by atoms with E-state index < -0.39 is 22.5 Å². The molecule has 5 nitrogen and oxygen atoms in total. The molecular formula is C12H13NO4S. The summed E-state index contributed by atoms with van der Waals surface area (Å²) < 4.78 is 24.9. The summed E-state index contributed by atoms with van der Waals surface area (Å²) in [5, 5.41) is 0. The molecule has 0 N–H and O–H groups in total. The summed E-state index contributed by atoms with van der Waals surface area (Å²) in [6, 6.07) is 5.98. The maximum atomic E-state index is 12.1.